The molecule has 2 rings (SSSR count). The Hall–Kier alpha value is -1.38. The van der Waals surface area contributed by atoms with Crippen molar-refractivity contribution >= 4 is 26.7 Å². The summed E-state index contributed by atoms with van der Waals surface area (Å²) in [5, 5.41) is 0.968. The number of hydrogen-bond acceptors (Lipinski definition) is 4. The van der Waals surface area contributed by atoms with E-state index in [4.69, 9.17) is 9.05 Å². The van der Waals surface area contributed by atoms with Crippen LogP contribution >= 0.6 is 16.1 Å². The highest BCUT2D eigenvalue weighted by Gasteiger charge is 2.45. The minimum Gasteiger partial charge on any atom is -0.309 e. The number of nitrogens with zero attached hydrogens (tertiary/aromatic N) is 1. The smallest absolute Gasteiger partial charge is 0.309 e. The van der Waals surface area contributed by atoms with E-state index in [1.165, 1.54) is 0 Å². The fourth-order valence-electron chi connectivity index (χ4n) is 2.57. The Morgan fingerprint density at radius 3 is 1.70 bits per heavy atom. The van der Waals surface area contributed by atoms with Crippen molar-refractivity contribution in [3.63, 3.8) is 0 Å². The Morgan fingerprint density at radius 1 is 0.870 bits per heavy atom. The molecule has 1 heterocycles. The summed E-state index contributed by atoms with van der Waals surface area (Å²) in [5.74, 6) is 0. The summed E-state index contributed by atoms with van der Waals surface area (Å²) in [6.45, 7) is 7.95. The maximum Gasteiger partial charge on any atom is 0.555 e. The second kappa shape index (κ2) is 7.94. The Morgan fingerprint density at radius 2 is 1.30 bits per heavy atom. The fraction of sp³-hybridized carbons (Fsp3) is 0.375. The minimum absolute atomic E-state index is 0.328. The quantitative estimate of drug-likeness (QED) is 0.709. The second-order valence-corrected chi connectivity index (χ2v) is 7.33. The summed E-state index contributed by atoms with van der Waals surface area (Å²) in [7, 11) is -4.16. The molecule has 0 bridgehead atoms. The van der Waals surface area contributed by atoms with E-state index in [1.54, 1.807) is 13.8 Å². The molecule has 0 amide bonds. The van der Waals surface area contributed by atoms with Crippen molar-refractivity contribution in [2.45, 2.75) is 27.7 Å². The van der Waals surface area contributed by atoms with Crippen LogP contribution in [0.4, 0.5) is 0 Å². The lowest BCUT2D eigenvalue weighted by Crippen LogP contribution is -2.18. The monoisotopic (exact) mass is 353 g/mol. The topological polar surface area (TPSA) is 57.5 Å². The zero-order valence-corrected chi connectivity index (χ0v) is 15.6. The molecule has 0 spiro atoms. The van der Waals surface area contributed by atoms with E-state index in [9.17, 15) is 9.13 Å². The van der Waals surface area contributed by atoms with E-state index >= 15 is 0 Å². The normalized spacial score (nSPS) is 12.3. The summed E-state index contributed by atoms with van der Waals surface area (Å²) in [5.41, 5.74) is 2.46. The average molecular weight is 353 g/mol. The first-order valence-corrected chi connectivity index (χ1v) is 9.86. The van der Waals surface area contributed by atoms with E-state index in [1.807, 2.05) is 48.7 Å². The van der Waals surface area contributed by atoms with Crippen LogP contribution in [-0.4, -0.2) is 17.8 Å². The van der Waals surface area contributed by atoms with Gasteiger partial charge in [0.1, 0.15) is 13.2 Å². The molecular weight excluding hydrogens is 332 g/mol. The van der Waals surface area contributed by atoms with Crippen LogP contribution in [0.1, 0.15) is 25.2 Å². The van der Waals surface area contributed by atoms with Crippen molar-refractivity contribution in [2.24, 2.45) is 0 Å². The number of hydrogen-bond donors (Lipinski definition) is 0. The SMILES string of the molecule is CCO[P+](=O)c1c([P+](=O)OCC)c(C)n(-c2ccccc2)c1C. The number of aromatic nitrogens is 1. The maximum atomic E-state index is 12.5. The van der Waals surface area contributed by atoms with Crippen molar-refractivity contribution < 1.29 is 18.2 Å². The molecule has 1 aromatic carbocycles. The summed E-state index contributed by atoms with van der Waals surface area (Å²) >= 11 is 0. The molecule has 0 N–H and O–H groups in total. The molecule has 7 heteroatoms. The van der Waals surface area contributed by atoms with Gasteiger partial charge in [-0.15, -0.1) is 9.05 Å². The van der Waals surface area contributed by atoms with Gasteiger partial charge < -0.3 is 4.57 Å². The summed E-state index contributed by atoms with van der Waals surface area (Å²) < 4.78 is 37.6. The molecule has 2 atom stereocenters. The third-order valence-corrected chi connectivity index (χ3v) is 6.44. The lowest BCUT2D eigenvalue weighted by atomic mass is 10.3. The van der Waals surface area contributed by atoms with Crippen molar-refractivity contribution in [1.29, 1.82) is 0 Å². The number of benzene rings is 1. The van der Waals surface area contributed by atoms with Gasteiger partial charge in [0.25, 0.3) is 0 Å². The maximum absolute atomic E-state index is 12.5. The van der Waals surface area contributed by atoms with Gasteiger partial charge in [-0.3, -0.25) is 0 Å². The van der Waals surface area contributed by atoms with Crippen LogP contribution in [0.5, 0.6) is 0 Å². The van der Waals surface area contributed by atoms with Crippen molar-refractivity contribution in [1.82, 2.24) is 4.57 Å². The summed E-state index contributed by atoms with van der Waals surface area (Å²) in [6, 6.07) is 9.70. The molecule has 0 aliphatic carbocycles. The van der Waals surface area contributed by atoms with Crippen LogP contribution in [0, 0.1) is 13.8 Å². The fourth-order valence-corrected chi connectivity index (χ4v) is 5.19. The third-order valence-electron chi connectivity index (χ3n) is 3.45. The van der Waals surface area contributed by atoms with Gasteiger partial charge in [0.15, 0.2) is 0 Å². The molecule has 122 valence electrons. The second-order valence-electron chi connectivity index (χ2n) is 4.89. The highest BCUT2D eigenvalue weighted by molar-refractivity contribution is 7.55. The molecule has 0 aliphatic rings. The van der Waals surface area contributed by atoms with E-state index in [2.05, 4.69) is 0 Å². The Labute approximate surface area is 138 Å². The molecule has 0 radical (unpaired) electrons. The first kappa shape index (κ1) is 18.0. The molecule has 0 saturated heterocycles. The molecule has 1 aromatic heterocycles. The molecule has 0 saturated carbocycles. The van der Waals surface area contributed by atoms with Crippen molar-refractivity contribution in [3.8, 4) is 5.69 Å². The van der Waals surface area contributed by atoms with Crippen LogP contribution in [0.3, 0.4) is 0 Å². The molecule has 23 heavy (non-hydrogen) atoms. The Balaban J connectivity index is 2.69. The van der Waals surface area contributed by atoms with E-state index in [0.29, 0.717) is 23.8 Å². The van der Waals surface area contributed by atoms with Crippen LogP contribution < -0.4 is 10.6 Å². The lowest BCUT2D eigenvalue weighted by Gasteiger charge is -2.07. The highest BCUT2D eigenvalue weighted by atomic mass is 31.1. The van der Waals surface area contributed by atoms with Gasteiger partial charge in [-0.25, -0.2) is 0 Å². The van der Waals surface area contributed by atoms with Crippen LogP contribution in [0.2, 0.25) is 0 Å². The van der Waals surface area contributed by atoms with Gasteiger partial charge in [-0.1, -0.05) is 18.2 Å². The third kappa shape index (κ3) is 3.59. The average Bonchev–Trinajstić information content (AvgIpc) is 2.79. The van der Waals surface area contributed by atoms with E-state index in [0.717, 1.165) is 17.1 Å². The first-order chi connectivity index (χ1) is 11.0. The Bertz CT molecular complexity index is 684. The van der Waals surface area contributed by atoms with Crippen molar-refractivity contribution in [2.75, 3.05) is 13.2 Å². The molecule has 5 nitrogen and oxygen atoms in total. The van der Waals surface area contributed by atoms with Crippen LogP contribution in [0.25, 0.3) is 5.69 Å². The Kier molecular flexibility index (Phi) is 6.20. The zero-order valence-electron chi connectivity index (χ0n) is 13.8. The molecular formula is C16H21NO4P2+2. The van der Waals surface area contributed by atoms with Gasteiger partial charge >= 0.3 is 26.7 Å². The molecule has 0 fully saturated rings. The van der Waals surface area contributed by atoms with Crippen LogP contribution in [0.15, 0.2) is 30.3 Å². The largest absolute Gasteiger partial charge is 0.555 e. The van der Waals surface area contributed by atoms with Gasteiger partial charge in [0.2, 0.25) is 0 Å². The van der Waals surface area contributed by atoms with Gasteiger partial charge in [0, 0.05) is 5.69 Å². The molecule has 0 aliphatic heterocycles. The zero-order chi connectivity index (χ0) is 17.0. The summed E-state index contributed by atoms with van der Waals surface area (Å²) in [4.78, 5) is 0. The van der Waals surface area contributed by atoms with Crippen LogP contribution in [-0.2, 0) is 18.2 Å². The predicted molar refractivity (Wildman–Crippen MR) is 93.0 cm³/mol. The number of rotatable bonds is 7. The molecule has 2 unspecified atom stereocenters. The standard InChI is InChI=1S/C16H21NO4P2/c1-5-20-22(18)15-12(3)17(14-10-8-7-9-11-14)13(4)16(15)23(19)21-6-2/h7-11H,5-6H2,1-4H3/q+2. The summed E-state index contributed by atoms with van der Waals surface area (Å²) in [6.07, 6.45) is 0. The van der Waals surface area contributed by atoms with E-state index < -0.39 is 16.1 Å². The van der Waals surface area contributed by atoms with Gasteiger partial charge in [-0.2, -0.15) is 0 Å². The van der Waals surface area contributed by atoms with Gasteiger partial charge in [0.05, 0.1) is 11.4 Å². The predicted octanol–water partition coefficient (Wildman–Crippen LogP) is 3.90. The lowest BCUT2D eigenvalue weighted by molar-refractivity contribution is 0.354. The van der Waals surface area contributed by atoms with E-state index in [-0.39, 0.29) is 0 Å². The molecule has 2 aromatic rings. The van der Waals surface area contributed by atoms with Gasteiger partial charge in [-0.05, 0) is 49.0 Å². The van der Waals surface area contributed by atoms with Crippen molar-refractivity contribution in [3.05, 3.63) is 41.7 Å². The number of para-hydroxylation sites is 1. The highest BCUT2D eigenvalue weighted by Crippen LogP contribution is 2.33. The minimum atomic E-state index is -2.08. The first-order valence-electron chi connectivity index (χ1n) is 7.50.